The number of rotatable bonds is 6. The van der Waals surface area contributed by atoms with Gasteiger partial charge in [0.15, 0.2) is 5.82 Å². The molecule has 1 saturated heterocycles. The van der Waals surface area contributed by atoms with Crippen molar-refractivity contribution in [2.45, 2.75) is 25.4 Å². The van der Waals surface area contributed by atoms with E-state index in [2.05, 4.69) is 22.1 Å². The zero-order valence-electron chi connectivity index (χ0n) is 15.5. The first-order valence-electron chi connectivity index (χ1n) is 9.01. The third-order valence-electron chi connectivity index (χ3n) is 4.70. The fourth-order valence-electron chi connectivity index (χ4n) is 3.28. The molecule has 8 heteroatoms. The summed E-state index contributed by atoms with van der Waals surface area (Å²) in [6.07, 6.45) is 3.48. The van der Waals surface area contributed by atoms with Crippen LogP contribution in [0.15, 0.2) is 36.9 Å². The highest BCUT2D eigenvalue weighted by Crippen LogP contribution is 2.28. The van der Waals surface area contributed by atoms with Crippen LogP contribution in [-0.2, 0) is 13.7 Å². The van der Waals surface area contributed by atoms with Gasteiger partial charge in [-0.3, -0.25) is 0 Å². The Labute approximate surface area is 158 Å². The van der Waals surface area contributed by atoms with Gasteiger partial charge in [0.1, 0.15) is 24.8 Å². The van der Waals surface area contributed by atoms with E-state index in [4.69, 9.17) is 4.74 Å². The number of nitrogens with zero attached hydrogens (tertiary/aromatic N) is 4. The van der Waals surface area contributed by atoms with E-state index in [0.717, 1.165) is 18.7 Å². The Morgan fingerprint density at radius 2 is 2.26 bits per heavy atom. The summed E-state index contributed by atoms with van der Waals surface area (Å²) >= 11 is 0. The van der Waals surface area contributed by atoms with Crippen LogP contribution in [0.4, 0.5) is 10.5 Å². The van der Waals surface area contributed by atoms with Crippen molar-refractivity contribution in [3.05, 3.63) is 48.6 Å². The lowest BCUT2D eigenvalue weighted by molar-refractivity contribution is 0.190. The van der Waals surface area contributed by atoms with Gasteiger partial charge in [-0.2, -0.15) is 0 Å². The number of anilines is 1. The van der Waals surface area contributed by atoms with Gasteiger partial charge >= 0.3 is 6.03 Å². The molecular weight excluding hydrogens is 346 g/mol. The summed E-state index contributed by atoms with van der Waals surface area (Å²) in [5, 5.41) is 20.5. The maximum atomic E-state index is 12.8. The van der Waals surface area contributed by atoms with Gasteiger partial charge < -0.3 is 24.6 Å². The van der Waals surface area contributed by atoms with Gasteiger partial charge in [-0.05, 0) is 25.0 Å². The molecule has 8 nitrogen and oxygen atoms in total. The Hall–Kier alpha value is -2.87. The molecule has 0 saturated carbocycles. The number of aliphatic hydroxyl groups excluding tert-OH is 1. The maximum absolute atomic E-state index is 12.8. The minimum atomic E-state index is -0.168. The summed E-state index contributed by atoms with van der Waals surface area (Å²) in [6.45, 7) is 5.10. The van der Waals surface area contributed by atoms with E-state index < -0.39 is 0 Å². The van der Waals surface area contributed by atoms with E-state index in [9.17, 15) is 9.90 Å². The fourth-order valence-corrected chi connectivity index (χ4v) is 3.28. The monoisotopic (exact) mass is 371 g/mol. The topological polar surface area (TPSA) is 92.5 Å². The van der Waals surface area contributed by atoms with Crippen molar-refractivity contribution in [2.75, 3.05) is 25.0 Å². The lowest BCUT2D eigenvalue weighted by atomic mass is 9.97. The number of aromatic nitrogens is 3. The highest BCUT2D eigenvalue weighted by Gasteiger charge is 2.28. The zero-order valence-corrected chi connectivity index (χ0v) is 15.5. The number of carbonyl (C=O) groups excluding carboxylic acids is 1. The zero-order chi connectivity index (χ0) is 19.2. The second-order valence-corrected chi connectivity index (χ2v) is 6.50. The predicted octanol–water partition coefficient (Wildman–Crippen LogP) is 2.28. The van der Waals surface area contributed by atoms with Gasteiger partial charge in [-0.15, -0.1) is 10.2 Å². The summed E-state index contributed by atoms with van der Waals surface area (Å²) in [5.41, 5.74) is 0.632. The van der Waals surface area contributed by atoms with Gasteiger partial charge in [0.25, 0.3) is 0 Å². The maximum Gasteiger partial charge on any atom is 0.321 e. The summed E-state index contributed by atoms with van der Waals surface area (Å²) in [5.74, 6) is 2.03. The van der Waals surface area contributed by atoms with Crippen LogP contribution in [0.25, 0.3) is 0 Å². The van der Waals surface area contributed by atoms with Crippen LogP contribution in [0, 0.1) is 0 Å². The average molecular weight is 371 g/mol. The molecule has 1 aliphatic rings. The van der Waals surface area contributed by atoms with Crippen LogP contribution in [0.5, 0.6) is 5.75 Å². The SMILES string of the molecule is C=CCOc1ccccc1NC(=O)N1CCC[C@H](c2nnc(CO)n2C)C1. The van der Waals surface area contributed by atoms with E-state index in [1.165, 1.54) is 0 Å². The molecule has 2 aromatic rings. The first kappa shape index (κ1) is 18.9. The Balaban J connectivity index is 1.68. The number of nitrogens with one attached hydrogen (secondary N) is 1. The molecule has 2 amide bonds. The number of ether oxygens (including phenoxy) is 1. The van der Waals surface area contributed by atoms with Gasteiger partial charge in [-0.25, -0.2) is 4.79 Å². The van der Waals surface area contributed by atoms with Crippen molar-refractivity contribution in [3.8, 4) is 5.75 Å². The van der Waals surface area contributed by atoms with Crippen molar-refractivity contribution in [3.63, 3.8) is 0 Å². The molecule has 0 radical (unpaired) electrons. The molecule has 1 atom stereocenters. The normalized spacial score (nSPS) is 16.8. The molecule has 27 heavy (non-hydrogen) atoms. The Bertz CT molecular complexity index is 804. The molecule has 1 aromatic heterocycles. The number of carbonyl (C=O) groups is 1. The van der Waals surface area contributed by atoms with Crippen molar-refractivity contribution in [2.24, 2.45) is 7.05 Å². The molecule has 1 aromatic carbocycles. The Morgan fingerprint density at radius 3 is 3.00 bits per heavy atom. The Morgan fingerprint density at radius 1 is 1.44 bits per heavy atom. The van der Waals surface area contributed by atoms with Crippen LogP contribution in [0.2, 0.25) is 0 Å². The molecule has 0 bridgehead atoms. The minimum absolute atomic E-state index is 0.0922. The van der Waals surface area contributed by atoms with Gasteiger partial charge in [0.05, 0.1) is 5.69 Å². The molecule has 3 rings (SSSR count). The summed E-state index contributed by atoms with van der Waals surface area (Å²) in [6, 6.07) is 7.17. The van der Waals surface area contributed by atoms with E-state index in [-0.39, 0.29) is 18.6 Å². The van der Waals surface area contributed by atoms with Crippen LogP contribution < -0.4 is 10.1 Å². The molecule has 0 spiro atoms. The van der Waals surface area contributed by atoms with E-state index in [1.807, 2.05) is 35.9 Å². The van der Waals surface area contributed by atoms with Crippen LogP contribution >= 0.6 is 0 Å². The molecule has 1 aliphatic heterocycles. The second kappa shape index (κ2) is 8.68. The lowest BCUT2D eigenvalue weighted by Gasteiger charge is -2.32. The third kappa shape index (κ3) is 4.28. The van der Waals surface area contributed by atoms with Crippen molar-refractivity contribution in [1.82, 2.24) is 19.7 Å². The number of aliphatic hydroxyl groups is 1. The first-order chi connectivity index (χ1) is 13.1. The summed E-state index contributed by atoms with van der Waals surface area (Å²) < 4.78 is 7.41. The first-order valence-corrected chi connectivity index (χ1v) is 9.01. The molecule has 0 aliphatic carbocycles. The van der Waals surface area contributed by atoms with Crippen molar-refractivity contribution >= 4 is 11.7 Å². The quantitative estimate of drug-likeness (QED) is 0.760. The van der Waals surface area contributed by atoms with Gasteiger partial charge in [0.2, 0.25) is 0 Å². The van der Waals surface area contributed by atoms with E-state index >= 15 is 0 Å². The number of hydrogen-bond donors (Lipinski definition) is 2. The lowest BCUT2D eigenvalue weighted by Crippen LogP contribution is -2.42. The number of amides is 2. The summed E-state index contributed by atoms with van der Waals surface area (Å²) in [4.78, 5) is 14.6. The third-order valence-corrected chi connectivity index (χ3v) is 4.70. The van der Waals surface area contributed by atoms with E-state index in [0.29, 0.717) is 37.0 Å². The average Bonchev–Trinajstić information content (AvgIpc) is 3.08. The summed E-state index contributed by atoms with van der Waals surface area (Å²) in [7, 11) is 1.84. The smallest absolute Gasteiger partial charge is 0.321 e. The van der Waals surface area contributed by atoms with Crippen molar-refractivity contribution < 1.29 is 14.6 Å². The number of likely N-dealkylation sites (tertiary alicyclic amines) is 1. The minimum Gasteiger partial charge on any atom is -0.487 e. The molecule has 2 heterocycles. The van der Waals surface area contributed by atoms with Crippen molar-refractivity contribution in [1.29, 1.82) is 0 Å². The van der Waals surface area contributed by atoms with E-state index in [1.54, 1.807) is 11.0 Å². The molecule has 0 unspecified atom stereocenters. The number of urea groups is 1. The highest BCUT2D eigenvalue weighted by atomic mass is 16.5. The number of benzene rings is 1. The molecule has 1 fully saturated rings. The number of piperidine rings is 1. The fraction of sp³-hybridized carbons (Fsp3) is 0.421. The molecule has 2 N–H and O–H groups in total. The molecule has 144 valence electrons. The Kier molecular flexibility index (Phi) is 6.08. The molecular formula is C19H25N5O3. The van der Waals surface area contributed by atoms with Gasteiger partial charge in [-0.1, -0.05) is 24.8 Å². The standard InChI is InChI=1S/C19H25N5O3/c1-3-11-27-16-9-5-4-8-15(16)20-19(26)24-10-6-7-14(12-24)18-22-21-17(13-25)23(18)2/h3-5,8-9,14,25H,1,6-7,10-13H2,2H3,(H,20,26)/t14-/m0/s1. The van der Waals surface area contributed by atoms with Gasteiger partial charge in [0, 0.05) is 26.1 Å². The largest absolute Gasteiger partial charge is 0.487 e. The van der Waals surface area contributed by atoms with Crippen LogP contribution in [0.3, 0.4) is 0 Å². The predicted molar refractivity (Wildman–Crippen MR) is 102 cm³/mol. The number of hydrogen-bond acceptors (Lipinski definition) is 5. The van der Waals surface area contributed by atoms with Crippen LogP contribution in [0.1, 0.15) is 30.4 Å². The highest BCUT2D eigenvalue weighted by molar-refractivity contribution is 5.91. The second-order valence-electron chi connectivity index (χ2n) is 6.50. The van der Waals surface area contributed by atoms with Crippen LogP contribution in [-0.4, -0.2) is 50.5 Å². The number of para-hydroxylation sites is 2.